The number of carbonyl (C=O) groups is 3. The predicted molar refractivity (Wildman–Crippen MR) is 67.4 cm³/mol. The van der Waals surface area contributed by atoms with E-state index < -0.39 is 12.0 Å². The highest BCUT2D eigenvalue weighted by Gasteiger charge is 2.37. The Morgan fingerprint density at radius 3 is 2.63 bits per heavy atom. The second kappa shape index (κ2) is 5.65. The zero-order chi connectivity index (χ0) is 13.8. The number of ether oxygens (including phenoxy) is 1. The molecule has 0 aromatic heterocycles. The average Bonchev–Trinajstić information content (AvgIpc) is 2.71. The van der Waals surface area contributed by atoms with Crippen LogP contribution in [0.25, 0.3) is 0 Å². The molecule has 1 aliphatic heterocycles. The first-order chi connectivity index (χ1) is 9.08. The van der Waals surface area contributed by atoms with Gasteiger partial charge in [-0.2, -0.15) is 0 Å². The molecule has 0 spiro atoms. The SMILES string of the molecule is CC(=O)CC(=O)N1C(=O)OC[C@@H]1Cc1ccccc1. The average molecular weight is 261 g/mol. The summed E-state index contributed by atoms with van der Waals surface area (Å²) in [4.78, 5) is 35.5. The van der Waals surface area contributed by atoms with Crippen LogP contribution in [-0.2, 0) is 20.7 Å². The Morgan fingerprint density at radius 1 is 1.32 bits per heavy atom. The van der Waals surface area contributed by atoms with Gasteiger partial charge in [-0.15, -0.1) is 0 Å². The van der Waals surface area contributed by atoms with Gasteiger partial charge < -0.3 is 4.74 Å². The van der Waals surface area contributed by atoms with E-state index in [2.05, 4.69) is 0 Å². The number of nitrogens with zero attached hydrogens (tertiary/aromatic N) is 1. The van der Waals surface area contributed by atoms with Crippen LogP contribution in [0.2, 0.25) is 0 Å². The lowest BCUT2D eigenvalue weighted by atomic mass is 10.1. The lowest BCUT2D eigenvalue weighted by Crippen LogP contribution is -2.40. The first-order valence-electron chi connectivity index (χ1n) is 6.10. The summed E-state index contributed by atoms with van der Waals surface area (Å²) in [7, 11) is 0. The Bertz CT molecular complexity index is 497. The fourth-order valence-electron chi connectivity index (χ4n) is 2.10. The van der Waals surface area contributed by atoms with Crippen LogP contribution in [0.5, 0.6) is 0 Å². The van der Waals surface area contributed by atoms with Gasteiger partial charge >= 0.3 is 6.09 Å². The van der Waals surface area contributed by atoms with Crippen molar-refractivity contribution >= 4 is 17.8 Å². The van der Waals surface area contributed by atoms with Crippen molar-refractivity contribution in [3.05, 3.63) is 35.9 Å². The molecule has 2 amide bonds. The van der Waals surface area contributed by atoms with Gasteiger partial charge in [0.05, 0.1) is 12.5 Å². The van der Waals surface area contributed by atoms with Gasteiger partial charge in [-0.25, -0.2) is 9.69 Å². The third-order valence-corrected chi connectivity index (χ3v) is 2.94. The highest BCUT2D eigenvalue weighted by atomic mass is 16.6. The van der Waals surface area contributed by atoms with E-state index >= 15 is 0 Å². The molecule has 0 N–H and O–H groups in total. The molecule has 5 heteroatoms. The van der Waals surface area contributed by atoms with Crippen molar-refractivity contribution in [2.75, 3.05) is 6.61 Å². The number of cyclic esters (lactones) is 1. The van der Waals surface area contributed by atoms with E-state index in [9.17, 15) is 14.4 Å². The molecule has 1 atom stereocenters. The molecule has 0 unspecified atom stereocenters. The molecule has 0 saturated carbocycles. The van der Waals surface area contributed by atoms with E-state index in [-0.39, 0.29) is 24.9 Å². The molecule has 1 aromatic rings. The van der Waals surface area contributed by atoms with Crippen molar-refractivity contribution < 1.29 is 19.1 Å². The van der Waals surface area contributed by atoms with Gasteiger partial charge in [0.1, 0.15) is 12.4 Å². The standard InChI is InChI=1S/C14H15NO4/c1-10(16)7-13(17)15-12(9-19-14(15)18)8-11-5-3-2-4-6-11/h2-6,12H,7-9H2,1H3/t12-/m0/s1. The molecular weight excluding hydrogens is 246 g/mol. The van der Waals surface area contributed by atoms with Crippen molar-refractivity contribution in [2.45, 2.75) is 25.8 Å². The number of benzene rings is 1. The molecule has 100 valence electrons. The van der Waals surface area contributed by atoms with E-state index in [0.29, 0.717) is 6.42 Å². The second-order valence-electron chi connectivity index (χ2n) is 4.56. The summed E-state index contributed by atoms with van der Waals surface area (Å²) in [6.07, 6.45) is -0.386. The Kier molecular flexibility index (Phi) is 3.94. The minimum atomic E-state index is -0.660. The van der Waals surface area contributed by atoms with Crippen LogP contribution in [0.3, 0.4) is 0 Å². The van der Waals surface area contributed by atoms with E-state index in [0.717, 1.165) is 10.5 Å². The molecule has 19 heavy (non-hydrogen) atoms. The topological polar surface area (TPSA) is 63.7 Å². The quantitative estimate of drug-likeness (QED) is 0.771. The van der Waals surface area contributed by atoms with Crippen LogP contribution in [0.1, 0.15) is 18.9 Å². The fraction of sp³-hybridized carbons (Fsp3) is 0.357. The summed E-state index contributed by atoms with van der Waals surface area (Å²) in [6, 6.07) is 9.22. The van der Waals surface area contributed by atoms with Crippen LogP contribution >= 0.6 is 0 Å². The molecule has 0 aliphatic carbocycles. The van der Waals surface area contributed by atoms with Gasteiger partial charge in [0.2, 0.25) is 5.91 Å². The predicted octanol–water partition coefficient (Wildman–Crippen LogP) is 1.56. The normalized spacial score (nSPS) is 18.3. The molecule has 1 heterocycles. The van der Waals surface area contributed by atoms with E-state index in [4.69, 9.17) is 4.74 Å². The van der Waals surface area contributed by atoms with Crippen LogP contribution < -0.4 is 0 Å². The minimum absolute atomic E-state index is 0.178. The van der Waals surface area contributed by atoms with E-state index in [1.165, 1.54) is 6.92 Å². The third kappa shape index (κ3) is 3.19. The summed E-state index contributed by atoms with van der Waals surface area (Å²) in [6.45, 7) is 1.50. The molecule has 1 aromatic carbocycles. The zero-order valence-corrected chi connectivity index (χ0v) is 10.7. The number of amides is 2. The molecule has 5 nitrogen and oxygen atoms in total. The fourth-order valence-corrected chi connectivity index (χ4v) is 2.10. The molecule has 0 bridgehead atoms. The number of ketones is 1. The monoisotopic (exact) mass is 261 g/mol. The summed E-state index contributed by atoms with van der Waals surface area (Å²) < 4.78 is 4.91. The van der Waals surface area contributed by atoms with Crippen molar-refractivity contribution in [1.82, 2.24) is 4.90 Å². The number of hydrogen-bond donors (Lipinski definition) is 0. The lowest BCUT2D eigenvalue weighted by molar-refractivity contribution is -0.133. The summed E-state index contributed by atoms with van der Waals surface area (Å²) in [5.41, 5.74) is 1.02. The smallest absolute Gasteiger partial charge is 0.416 e. The van der Waals surface area contributed by atoms with E-state index in [1.807, 2.05) is 30.3 Å². The van der Waals surface area contributed by atoms with Crippen LogP contribution in [-0.4, -0.2) is 35.3 Å². The Hall–Kier alpha value is -2.17. The number of hydrogen-bond acceptors (Lipinski definition) is 4. The Morgan fingerprint density at radius 2 is 2.00 bits per heavy atom. The Balaban J connectivity index is 2.09. The van der Waals surface area contributed by atoms with Crippen molar-refractivity contribution in [3.8, 4) is 0 Å². The first-order valence-corrected chi connectivity index (χ1v) is 6.10. The molecule has 1 fully saturated rings. The van der Waals surface area contributed by atoms with Gasteiger partial charge in [0.25, 0.3) is 0 Å². The van der Waals surface area contributed by atoms with Gasteiger partial charge in [-0.1, -0.05) is 30.3 Å². The Labute approximate surface area is 111 Å². The molecule has 1 saturated heterocycles. The van der Waals surface area contributed by atoms with E-state index in [1.54, 1.807) is 0 Å². The summed E-state index contributed by atoms with van der Waals surface area (Å²) in [5, 5.41) is 0. The number of carbonyl (C=O) groups excluding carboxylic acids is 3. The number of rotatable bonds is 4. The first kappa shape index (κ1) is 13.3. The van der Waals surface area contributed by atoms with Gasteiger partial charge in [-0.3, -0.25) is 9.59 Å². The summed E-state index contributed by atoms with van der Waals surface area (Å²) >= 11 is 0. The summed E-state index contributed by atoms with van der Waals surface area (Å²) in [5.74, 6) is -0.751. The maximum atomic E-state index is 11.9. The highest BCUT2D eigenvalue weighted by molar-refractivity contribution is 6.03. The van der Waals surface area contributed by atoms with Crippen molar-refractivity contribution in [3.63, 3.8) is 0 Å². The number of Topliss-reactive ketones (excluding diaryl/α,β-unsaturated/α-hetero) is 1. The van der Waals surface area contributed by atoms with Crippen molar-refractivity contribution in [2.24, 2.45) is 0 Å². The molecule has 2 rings (SSSR count). The lowest BCUT2D eigenvalue weighted by Gasteiger charge is -2.19. The highest BCUT2D eigenvalue weighted by Crippen LogP contribution is 2.18. The van der Waals surface area contributed by atoms with Gasteiger partial charge in [-0.05, 0) is 18.9 Å². The molecule has 0 radical (unpaired) electrons. The second-order valence-corrected chi connectivity index (χ2v) is 4.56. The maximum Gasteiger partial charge on any atom is 0.416 e. The zero-order valence-electron chi connectivity index (χ0n) is 10.7. The maximum absolute atomic E-state index is 11.9. The number of imide groups is 1. The van der Waals surface area contributed by atoms with Crippen LogP contribution in [0.4, 0.5) is 4.79 Å². The van der Waals surface area contributed by atoms with Gasteiger partial charge in [0, 0.05) is 0 Å². The van der Waals surface area contributed by atoms with Crippen LogP contribution in [0.15, 0.2) is 30.3 Å². The van der Waals surface area contributed by atoms with Crippen LogP contribution in [0, 0.1) is 0 Å². The molecular formula is C14H15NO4. The van der Waals surface area contributed by atoms with Crippen molar-refractivity contribution in [1.29, 1.82) is 0 Å². The third-order valence-electron chi connectivity index (χ3n) is 2.94. The molecule has 1 aliphatic rings. The minimum Gasteiger partial charge on any atom is -0.447 e. The van der Waals surface area contributed by atoms with Gasteiger partial charge in [0.15, 0.2) is 0 Å². The largest absolute Gasteiger partial charge is 0.447 e.